The Morgan fingerprint density at radius 2 is 2.29 bits per heavy atom. The van der Waals surface area contributed by atoms with Crippen LogP contribution in [-0.4, -0.2) is 12.5 Å². The topological polar surface area (TPSA) is 55.1 Å². The highest BCUT2D eigenvalue weighted by Crippen LogP contribution is 2.19. The number of amides is 1. The van der Waals surface area contributed by atoms with Gasteiger partial charge in [-0.05, 0) is 24.6 Å². The molecule has 0 bridgehead atoms. The largest absolute Gasteiger partial charge is 0.330 e. The predicted molar refractivity (Wildman–Crippen MR) is 67.5 cm³/mol. The van der Waals surface area contributed by atoms with Crippen molar-refractivity contribution < 1.29 is 9.18 Å². The molecule has 1 atom stereocenters. The summed E-state index contributed by atoms with van der Waals surface area (Å²) in [5, 5.41) is 2.66. The zero-order chi connectivity index (χ0) is 12.8. The van der Waals surface area contributed by atoms with Crippen LogP contribution < -0.4 is 11.1 Å². The van der Waals surface area contributed by atoms with Crippen molar-refractivity contribution in [3.63, 3.8) is 0 Å². The van der Waals surface area contributed by atoms with Gasteiger partial charge in [0.25, 0.3) is 0 Å². The number of anilines is 1. The van der Waals surface area contributed by atoms with Crippen molar-refractivity contribution in [1.29, 1.82) is 0 Å². The van der Waals surface area contributed by atoms with E-state index in [0.29, 0.717) is 5.69 Å². The van der Waals surface area contributed by atoms with E-state index in [1.165, 1.54) is 12.1 Å². The smallest absolute Gasteiger partial charge is 0.228 e. The molecule has 0 spiro atoms. The molecule has 5 heteroatoms. The quantitative estimate of drug-likeness (QED) is 0.853. The number of carbonyl (C=O) groups is 1. The maximum Gasteiger partial charge on any atom is 0.228 e. The Morgan fingerprint density at radius 1 is 1.59 bits per heavy atom. The van der Waals surface area contributed by atoms with E-state index in [-0.39, 0.29) is 23.4 Å². The van der Waals surface area contributed by atoms with Crippen LogP contribution >= 0.6 is 11.6 Å². The van der Waals surface area contributed by atoms with Crippen LogP contribution in [-0.2, 0) is 4.79 Å². The molecule has 1 unspecified atom stereocenters. The monoisotopic (exact) mass is 258 g/mol. The number of nitrogens with one attached hydrogen (secondary N) is 1. The molecule has 17 heavy (non-hydrogen) atoms. The Hall–Kier alpha value is -1.13. The molecule has 0 fully saturated rings. The molecule has 94 valence electrons. The highest BCUT2D eigenvalue weighted by Gasteiger charge is 2.16. The van der Waals surface area contributed by atoms with Crippen LogP contribution in [0.5, 0.6) is 0 Å². The zero-order valence-electron chi connectivity index (χ0n) is 9.67. The van der Waals surface area contributed by atoms with Crippen LogP contribution in [0.4, 0.5) is 10.1 Å². The van der Waals surface area contributed by atoms with Crippen molar-refractivity contribution in [3.05, 3.63) is 29.0 Å². The van der Waals surface area contributed by atoms with Gasteiger partial charge in [0, 0.05) is 12.2 Å². The first-order chi connectivity index (χ1) is 8.08. The molecule has 0 aliphatic heterocycles. The predicted octanol–water partition coefficient (Wildman–Crippen LogP) is 2.79. The van der Waals surface area contributed by atoms with Gasteiger partial charge in [0.15, 0.2) is 0 Å². The summed E-state index contributed by atoms with van der Waals surface area (Å²) in [4.78, 5) is 11.8. The van der Waals surface area contributed by atoms with E-state index in [1.54, 1.807) is 6.07 Å². The molecule has 0 radical (unpaired) electrons. The fourth-order valence-corrected chi connectivity index (χ4v) is 1.64. The minimum absolute atomic E-state index is 0.0342. The normalized spacial score (nSPS) is 12.2. The lowest BCUT2D eigenvalue weighted by Crippen LogP contribution is -2.29. The number of halogens is 2. The van der Waals surface area contributed by atoms with Crippen LogP contribution in [0, 0.1) is 11.7 Å². The van der Waals surface area contributed by atoms with Crippen LogP contribution in [0.15, 0.2) is 18.2 Å². The molecule has 1 aromatic carbocycles. The lowest BCUT2D eigenvalue weighted by molar-refractivity contribution is -0.119. The van der Waals surface area contributed by atoms with Gasteiger partial charge in [0.2, 0.25) is 5.91 Å². The number of hydrogen-bond acceptors (Lipinski definition) is 2. The van der Waals surface area contributed by atoms with Gasteiger partial charge in [-0.15, -0.1) is 0 Å². The molecule has 1 aromatic rings. The fraction of sp³-hybridized carbons (Fsp3) is 0.417. The third kappa shape index (κ3) is 3.98. The summed E-state index contributed by atoms with van der Waals surface area (Å²) >= 11 is 5.55. The summed E-state index contributed by atoms with van der Waals surface area (Å²) in [7, 11) is 0. The second kappa shape index (κ2) is 6.57. The Morgan fingerprint density at radius 3 is 2.82 bits per heavy atom. The number of nitrogens with two attached hydrogens (primary N) is 1. The van der Waals surface area contributed by atoms with Crippen molar-refractivity contribution in [2.24, 2.45) is 11.7 Å². The van der Waals surface area contributed by atoms with E-state index in [1.807, 2.05) is 6.92 Å². The van der Waals surface area contributed by atoms with Crippen molar-refractivity contribution in [2.45, 2.75) is 19.8 Å². The van der Waals surface area contributed by atoms with E-state index in [9.17, 15) is 9.18 Å². The first-order valence-electron chi connectivity index (χ1n) is 5.54. The summed E-state index contributed by atoms with van der Waals surface area (Å²) in [5.74, 6) is -0.973. The standard InChI is InChI=1S/C12H16ClFN2O/c1-2-3-8(7-15)12(17)16-9-4-5-10(13)11(14)6-9/h4-6,8H,2-3,7,15H2,1H3,(H,16,17). The molecule has 0 heterocycles. The van der Waals surface area contributed by atoms with Gasteiger partial charge in [0.1, 0.15) is 5.82 Å². The Labute approximate surface area is 105 Å². The van der Waals surface area contributed by atoms with Gasteiger partial charge < -0.3 is 11.1 Å². The van der Waals surface area contributed by atoms with Gasteiger partial charge in [-0.3, -0.25) is 4.79 Å². The van der Waals surface area contributed by atoms with Crippen molar-refractivity contribution in [3.8, 4) is 0 Å². The summed E-state index contributed by atoms with van der Waals surface area (Å²) < 4.78 is 13.2. The van der Waals surface area contributed by atoms with E-state index in [2.05, 4.69) is 5.32 Å². The number of hydrogen-bond donors (Lipinski definition) is 2. The summed E-state index contributed by atoms with van der Waals surface area (Å²) in [6.07, 6.45) is 1.60. The van der Waals surface area contributed by atoms with Crippen molar-refractivity contribution in [1.82, 2.24) is 0 Å². The van der Waals surface area contributed by atoms with E-state index in [4.69, 9.17) is 17.3 Å². The van der Waals surface area contributed by atoms with Gasteiger partial charge in [-0.1, -0.05) is 24.9 Å². The number of rotatable bonds is 5. The average molecular weight is 259 g/mol. The number of carbonyl (C=O) groups excluding carboxylic acids is 1. The molecule has 0 saturated heterocycles. The summed E-state index contributed by atoms with van der Waals surface area (Å²) in [6, 6.07) is 4.16. The van der Waals surface area contributed by atoms with Crippen LogP contribution in [0.25, 0.3) is 0 Å². The Balaban J connectivity index is 2.69. The molecular weight excluding hydrogens is 243 g/mol. The second-order valence-corrected chi connectivity index (χ2v) is 4.25. The molecule has 0 aliphatic carbocycles. The fourth-order valence-electron chi connectivity index (χ4n) is 1.52. The second-order valence-electron chi connectivity index (χ2n) is 3.84. The van der Waals surface area contributed by atoms with E-state index < -0.39 is 5.82 Å². The molecule has 3 nitrogen and oxygen atoms in total. The summed E-state index contributed by atoms with van der Waals surface area (Å²) in [6.45, 7) is 2.27. The van der Waals surface area contributed by atoms with E-state index >= 15 is 0 Å². The Bertz CT molecular complexity index is 398. The molecule has 0 aromatic heterocycles. The average Bonchev–Trinajstić information content (AvgIpc) is 2.30. The lowest BCUT2D eigenvalue weighted by atomic mass is 10.0. The maximum atomic E-state index is 13.2. The molecule has 0 aliphatic rings. The molecule has 3 N–H and O–H groups in total. The summed E-state index contributed by atoms with van der Waals surface area (Å²) in [5.41, 5.74) is 5.91. The van der Waals surface area contributed by atoms with Gasteiger partial charge >= 0.3 is 0 Å². The minimum atomic E-state index is -0.552. The van der Waals surface area contributed by atoms with Crippen LogP contribution in [0.2, 0.25) is 5.02 Å². The molecule has 1 amide bonds. The van der Waals surface area contributed by atoms with E-state index in [0.717, 1.165) is 12.8 Å². The van der Waals surface area contributed by atoms with Gasteiger partial charge in [-0.25, -0.2) is 4.39 Å². The maximum absolute atomic E-state index is 13.2. The van der Waals surface area contributed by atoms with Crippen LogP contribution in [0.3, 0.4) is 0 Å². The highest BCUT2D eigenvalue weighted by atomic mass is 35.5. The molecular formula is C12H16ClFN2O. The minimum Gasteiger partial charge on any atom is -0.330 e. The Kier molecular flexibility index (Phi) is 5.38. The van der Waals surface area contributed by atoms with Gasteiger partial charge in [-0.2, -0.15) is 0 Å². The highest BCUT2D eigenvalue weighted by molar-refractivity contribution is 6.30. The third-order valence-corrected chi connectivity index (χ3v) is 2.79. The number of benzene rings is 1. The van der Waals surface area contributed by atoms with Gasteiger partial charge in [0.05, 0.1) is 10.9 Å². The SMILES string of the molecule is CCCC(CN)C(=O)Nc1ccc(Cl)c(F)c1. The van der Waals surface area contributed by atoms with Crippen molar-refractivity contribution in [2.75, 3.05) is 11.9 Å². The third-order valence-electron chi connectivity index (χ3n) is 2.48. The molecule has 1 rings (SSSR count). The zero-order valence-corrected chi connectivity index (χ0v) is 10.4. The van der Waals surface area contributed by atoms with Crippen LogP contribution in [0.1, 0.15) is 19.8 Å². The first kappa shape index (κ1) is 13.9. The van der Waals surface area contributed by atoms with Crippen molar-refractivity contribution >= 4 is 23.2 Å². The molecule has 0 saturated carbocycles. The first-order valence-corrected chi connectivity index (χ1v) is 5.92. The lowest BCUT2D eigenvalue weighted by Gasteiger charge is -2.14.